The molecule has 0 aliphatic carbocycles. The topological polar surface area (TPSA) is 36.7 Å². The Morgan fingerprint density at radius 2 is 2.23 bits per heavy atom. The second-order valence-electron chi connectivity index (χ2n) is 2.36. The molecule has 1 aromatic heterocycles. The maximum Gasteiger partial charge on any atom is 0.395 e. The molecular formula is C7H5F3N2S. The van der Waals surface area contributed by atoms with Crippen molar-refractivity contribution in [3.8, 4) is 6.07 Å². The van der Waals surface area contributed by atoms with Gasteiger partial charge in [-0.2, -0.15) is 18.4 Å². The van der Waals surface area contributed by atoms with Gasteiger partial charge in [0.15, 0.2) is 0 Å². The van der Waals surface area contributed by atoms with E-state index in [1.165, 1.54) is 5.38 Å². The van der Waals surface area contributed by atoms with Crippen LogP contribution in [0.25, 0.3) is 0 Å². The van der Waals surface area contributed by atoms with Gasteiger partial charge in [0.05, 0.1) is 24.6 Å². The number of thiazole rings is 1. The fraction of sp³-hybridized carbons (Fsp3) is 0.429. The van der Waals surface area contributed by atoms with Gasteiger partial charge in [-0.15, -0.1) is 11.3 Å². The minimum absolute atomic E-state index is 0.0118. The first-order valence-electron chi connectivity index (χ1n) is 3.38. The third-order valence-corrected chi connectivity index (χ3v) is 2.11. The van der Waals surface area contributed by atoms with E-state index in [2.05, 4.69) is 4.98 Å². The van der Waals surface area contributed by atoms with Gasteiger partial charge in [0.2, 0.25) is 0 Å². The van der Waals surface area contributed by atoms with Crippen LogP contribution < -0.4 is 0 Å². The Hall–Kier alpha value is -1.09. The molecule has 6 heteroatoms. The third-order valence-electron chi connectivity index (χ3n) is 1.21. The van der Waals surface area contributed by atoms with E-state index < -0.39 is 12.6 Å². The normalized spacial score (nSPS) is 11.2. The molecule has 2 nitrogen and oxygen atoms in total. The highest BCUT2D eigenvalue weighted by molar-refractivity contribution is 7.09. The standard InChI is InChI=1S/C7H5F3N2S/c8-7(9,10)3-6-12-5(1-2-11)4-13-6/h4H,1,3H2. The fourth-order valence-electron chi connectivity index (χ4n) is 0.764. The molecule has 0 bridgehead atoms. The third kappa shape index (κ3) is 3.42. The van der Waals surface area contributed by atoms with E-state index in [9.17, 15) is 13.2 Å². The number of nitriles is 1. The SMILES string of the molecule is N#CCc1csc(CC(F)(F)F)n1. The van der Waals surface area contributed by atoms with E-state index in [1.807, 2.05) is 6.07 Å². The predicted octanol–water partition coefficient (Wildman–Crippen LogP) is 2.31. The molecule has 0 saturated carbocycles. The van der Waals surface area contributed by atoms with Crippen LogP contribution in [-0.2, 0) is 12.8 Å². The molecule has 1 aromatic rings. The molecule has 0 saturated heterocycles. The van der Waals surface area contributed by atoms with Crippen LogP contribution in [-0.4, -0.2) is 11.2 Å². The molecule has 0 N–H and O–H groups in total. The molecule has 0 unspecified atom stereocenters. The first kappa shape index (κ1) is 9.99. The highest BCUT2D eigenvalue weighted by Gasteiger charge is 2.29. The van der Waals surface area contributed by atoms with Crippen molar-refractivity contribution in [2.24, 2.45) is 0 Å². The van der Waals surface area contributed by atoms with Crippen molar-refractivity contribution in [2.75, 3.05) is 0 Å². The van der Waals surface area contributed by atoms with Gasteiger partial charge >= 0.3 is 6.18 Å². The molecule has 70 valence electrons. The molecule has 0 amide bonds. The quantitative estimate of drug-likeness (QED) is 0.744. The van der Waals surface area contributed by atoms with Crippen LogP contribution in [0.2, 0.25) is 0 Å². The van der Waals surface area contributed by atoms with Crippen LogP contribution in [0, 0.1) is 11.3 Å². The minimum Gasteiger partial charge on any atom is -0.245 e. The molecule has 0 aliphatic rings. The van der Waals surface area contributed by atoms with Gasteiger partial charge in [0.1, 0.15) is 5.01 Å². The Balaban J connectivity index is 2.65. The summed E-state index contributed by atoms with van der Waals surface area (Å²) in [5.74, 6) is 0. The lowest BCUT2D eigenvalue weighted by molar-refractivity contribution is -0.127. The Labute approximate surface area is 76.6 Å². The summed E-state index contributed by atoms with van der Waals surface area (Å²) in [6.07, 6.45) is -5.17. The average Bonchev–Trinajstić information content (AvgIpc) is 2.33. The van der Waals surface area contributed by atoms with Crippen molar-refractivity contribution >= 4 is 11.3 Å². The van der Waals surface area contributed by atoms with Crippen LogP contribution >= 0.6 is 11.3 Å². The van der Waals surface area contributed by atoms with E-state index in [-0.39, 0.29) is 11.4 Å². The number of aromatic nitrogens is 1. The molecule has 13 heavy (non-hydrogen) atoms. The van der Waals surface area contributed by atoms with Gasteiger partial charge in [0.25, 0.3) is 0 Å². The maximum atomic E-state index is 11.8. The number of halogens is 3. The summed E-state index contributed by atoms with van der Waals surface area (Å²) in [5.41, 5.74) is 0.409. The van der Waals surface area contributed by atoms with Crippen LogP contribution in [0.3, 0.4) is 0 Å². The van der Waals surface area contributed by atoms with Crippen molar-refractivity contribution in [1.29, 1.82) is 5.26 Å². The van der Waals surface area contributed by atoms with Crippen molar-refractivity contribution in [1.82, 2.24) is 4.98 Å². The van der Waals surface area contributed by atoms with Crippen LogP contribution in [0.15, 0.2) is 5.38 Å². The predicted molar refractivity (Wildman–Crippen MR) is 41.2 cm³/mol. The van der Waals surface area contributed by atoms with Crippen molar-refractivity contribution in [3.63, 3.8) is 0 Å². The van der Waals surface area contributed by atoms with Gasteiger partial charge in [-0.3, -0.25) is 0 Å². The van der Waals surface area contributed by atoms with Crippen molar-refractivity contribution in [3.05, 3.63) is 16.1 Å². The minimum atomic E-state index is -4.22. The lowest BCUT2D eigenvalue weighted by Gasteiger charge is -2.01. The Kier molecular flexibility index (Phi) is 2.88. The van der Waals surface area contributed by atoms with Gasteiger partial charge < -0.3 is 0 Å². The van der Waals surface area contributed by atoms with E-state index in [4.69, 9.17) is 5.26 Å². The largest absolute Gasteiger partial charge is 0.395 e. The molecule has 0 atom stereocenters. The molecule has 0 radical (unpaired) electrons. The highest BCUT2D eigenvalue weighted by Crippen LogP contribution is 2.23. The number of rotatable bonds is 2. The summed E-state index contributed by atoms with van der Waals surface area (Å²) in [6.45, 7) is 0. The zero-order valence-corrected chi connectivity index (χ0v) is 7.24. The van der Waals surface area contributed by atoms with Crippen LogP contribution in [0.5, 0.6) is 0 Å². The van der Waals surface area contributed by atoms with E-state index in [1.54, 1.807) is 0 Å². The summed E-state index contributed by atoms with van der Waals surface area (Å²) in [4.78, 5) is 3.66. The number of hydrogen-bond donors (Lipinski definition) is 0. The lowest BCUT2D eigenvalue weighted by atomic mass is 10.4. The van der Waals surface area contributed by atoms with Gasteiger partial charge in [-0.05, 0) is 0 Å². The van der Waals surface area contributed by atoms with Gasteiger partial charge in [-0.25, -0.2) is 4.98 Å². The lowest BCUT2D eigenvalue weighted by Crippen LogP contribution is -2.11. The Morgan fingerprint density at radius 3 is 2.77 bits per heavy atom. The fourth-order valence-corrected chi connectivity index (χ4v) is 1.59. The molecule has 0 aliphatic heterocycles. The monoisotopic (exact) mass is 206 g/mol. The zero-order valence-electron chi connectivity index (χ0n) is 6.43. The molecule has 0 fully saturated rings. The molecule has 1 heterocycles. The number of nitrogens with zero attached hydrogens (tertiary/aromatic N) is 2. The summed E-state index contributed by atoms with van der Waals surface area (Å²) >= 11 is 0.934. The summed E-state index contributed by atoms with van der Waals surface area (Å²) < 4.78 is 35.5. The smallest absolute Gasteiger partial charge is 0.245 e. The maximum absolute atomic E-state index is 11.8. The average molecular weight is 206 g/mol. The van der Waals surface area contributed by atoms with Crippen LogP contribution in [0.4, 0.5) is 13.2 Å². The van der Waals surface area contributed by atoms with E-state index >= 15 is 0 Å². The molecule has 0 aromatic carbocycles. The Bertz CT molecular complexity index is 323. The summed E-state index contributed by atoms with van der Waals surface area (Å²) in [6, 6.07) is 1.82. The van der Waals surface area contributed by atoms with E-state index in [0.29, 0.717) is 5.69 Å². The Morgan fingerprint density at radius 1 is 1.54 bits per heavy atom. The zero-order chi connectivity index (χ0) is 9.90. The first-order valence-corrected chi connectivity index (χ1v) is 4.26. The first-order chi connectivity index (χ1) is 6.01. The van der Waals surface area contributed by atoms with Crippen molar-refractivity contribution < 1.29 is 13.2 Å². The number of hydrogen-bond acceptors (Lipinski definition) is 3. The molecule has 1 rings (SSSR count). The molecular weight excluding hydrogens is 201 g/mol. The van der Waals surface area contributed by atoms with E-state index in [0.717, 1.165) is 11.3 Å². The number of alkyl halides is 3. The summed E-state index contributed by atoms with van der Waals surface area (Å²) in [7, 11) is 0. The second kappa shape index (κ2) is 3.75. The van der Waals surface area contributed by atoms with Crippen molar-refractivity contribution in [2.45, 2.75) is 19.0 Å². The highest BCUT2D eigenvalue weighted by atomic mass is 32.1. The van der Waals surface area contributed by atoms with Gasteiger partial charge in [-0.1, -0.05) is 0 Å². The van der Waals surface area contributed by atoms with Crippen LogP contribution in [0.1, 0.15) is 10.7 Å². The van der Waals surface area contributed by atoms with Gasteiger partial charge in [0, 0.05) is 5.38 Å². The summed E-state index contributed by atoms with van der Waals surface area (Å²) in [5, 5.41) is 9.74. The molecule has 0 spiro atoms. The second-order valence-corrected chi connectivity index (χ2v) is 3.30.